The summed E-state index contributed by atoms with van der Waals surface area (Å²) in [5, 5.41) is 0.362. The van der Waals surface area contributed by atoms with Crippen molar-refractivity contribution in [3.05, 3.63) is 57.3 Å². The average Bonchev–Trinajstić information content (AvgIpc) is 2.78. The van der Waals surface area contributed by atoms with Crippen LogP contribution in [0.4, 0.5) is 4.39 Å². The number of esters is 1. The first-order valence-corrected chi connectivity index (χ1v) is 8.01. The van der Waals surface area contributed by atoms with Crippen LogP contribution in [0.15, 0.2) is 30.3 Å². The lowest BCUT2D eigenvalue weighted by Gasteiger charge is -2.12. The Balaban J connectivity index is 1.76. The molecule has 0 saturated carbocycles. The zero-order valence-corrected chi connectivity index (χ0v) is 14.0. The number of carbonyl (C=O) groups is 1. The predicted octanol–water partition coefficient (Wildman–Crippen LogP) is 4.65. The van der Waals surface area contributed by atoms with Crippen molar-refractivity contribution < 1.29 is 23.4 Å². The summed E-state index contributed by atoms with van der Waals surface area (Å²) in [7, 11) is 0. The molecule has 4 nitrogen and oxygen atoms in total. The van der Waals surface area contributed by atoms with Crippen molar-refractivity contribution >= 4 is 29.2 Å². The minimum Gasteiger partial charge on any atom is -0.489 e. The number of hydrogen-bond acceptors (Lipinski definition) is 4. The van der Waals surface area contributed by atoms with Gasteiger partial charge in [-0.05, 0) is 29.8 Å². The topological polar surface area (TPSA) is 44.8 Å². The molecular weight excluding hydrogens is 358 g/mol. The number of fused-ring (bicyclic) bond motifs is 1. The second-order valence-electron chi connectivity index (χ2n) is 5.13. The molecule has 0 unspecified atom stereocenters. The van der Waals surface area contributed by atoms with Gasteiger partial charge in [-0.3, -0.25) is 0 Å². The maximum absolute atomic E-state index is 13.7. The van der Waals surface area contributed by atoms with Gasteiger partial charge in [0, 0.05) is 6.42 Å². The van der Waals surface area contributed by atoms with Gasteiger partial charge in [-0.1, -0.05) is 29.3 Å². The molecular formula is C17H13Cl2FO4. The van der Waals surface area contributed by atoms with Crippen molar-refractivity contribution in [3.8, 4) is 11.5 Å². The Kier molecular flexibility index (Phi) is 5.11. The number of rotatable bonds is 3. The zero-order valence-electron chi connectivity index (χ0n) is 12.5. The lowest BCUT2D eigenvalue weighted by atomic mass is 10.2. The number of benzene rings is 2. The highest BCUT2D eigenvalue weighted by Gasteiger charge is 2.19. The Morgan fingerprint density at radius 3 is 2.75 bits per heavy atom. The van der Waals surface area contributed by atoms with Gasteiger partial charge < -0.3 is 14.2 Å². The third-order valence-electron chi connectivity index (χ3n) is 3.40. The van der Waals surface area contributed by atoms with Crippen molar-refractivity contribution in [1.82, 2.24) is 0 Å². The highest BCUT2D eigenvalue weighted by atomic mass is 35.5. The first kappa shape index (κ1) is 16.9. The molecule has 24 heavy (non-hydrogen) atoms. The van der Waals surface area contributed by atoms with Crippen LogP contribution in [0.2, 0.25) is 10.0 Å². The van der Waals surface area contributed by atoms with Gasteiger partial charge in [0.15, 0.2) is 11.5 Å². The van der Waals surface area contributed by atoms with Gasteiger partial charge in [0.25, 0.3) is 0 Å². The van der Waals surface area contributed by atoms with Crippen molar-refractivity contribution in [2.24, 2.45) is 0 Å². The van der Waals surface area contributed by atoms with E-state index in [-0.39, 0.29) is 17.2 Å². The molecule has 0 N–H and O–H groups in total. The van der Waals surface area contributed by atoms with Crippen LogP contribution in [0.5, 0.6) is 11.5 Å². The van der Waals surface area contributed by atoms with E-state index in [2.05, 4.69) is 0 Å². The summed E-state index contributed by atoms with van der Waals surface area (Å²) in [5.74, 6) is -0.609. The van der Waals surface area contributed by atoms with Crippen LogP contribution >= 0.6 is 23.2 Å². The summed E-state index contributed by atoms with van der Waals surface area (Å²) in [6.45, 7) is 0.935. The Morgan fingerprint density at radius 1 is 1.17 bits per heavy atom. The fourth-order valence-electron chi connectivity index (χ4n) is 2.28. The molecule has 2 aromatic carbocycles. The van der Waals surface area contributed by atoms with Gasteiger partial charge in [0.2, 0.25) is 0 Å². The first-order valence-electron chi connectivity index (χ1n) is 7.25. The van der Waals surface area contributed by atoms with E-state index in [1.54, 1.807) is 12.1 Å². The fraction of sp³-hybridized carbons (Fsp3) is 0.235. The highest BCUT2D eigenvalue weighted by Crippen LogP contribution is 2.38. The fourth-order valence-corrected chi connectivity index (χ4v) is 2.81. The molecule has 7 heteroatoms. The van der Waals surface area contributed by atoms with Crippen LogP contribution in [0.3, 0.4) is 0 Å². The Bertz CT molecular complexity index is 759. The highest BCUT2D eigenvalue weighted by molar-refractivity contribution is 6.33. The molecule has 0 saturated heterocycles. The Morgan fingerprint density at radius 2 is 1.96 bits per heavy atom. The number of carbonyl (C=O) groups excluding carboxylic acids is 1. The first-order chi connectivity index (χ1) is 11.6. The van der Waals surface area contributed by atoms with Crippen LogP contribution < -0.4 is 9.47 Å². The lowest BCUT2D eigenvalue weighted by Crippen LogP contribution is -2.08. The maximum Gasteiger partial charge on any atom is 0.342 e. The number of hydrogen-bond donors (Lipinski definition) is 0. The van der Waals surface area contributed by atoms with Gasteiger partial charge in [0.1, 0.15) is 18.0 Å². The molecule has 0 fully saturated rings. The molecule has 2 aromatic rings. The summed E-state index contributed by atoms with van der Waals surface area (Å²) >= 11 is 12.0. The van der Waals surface area contributed by atoms with E-state index >= 15 is 0 Å². The number of halogens is 3. The van der Waals surface area contributed by atoms with Gasteiger partial charge in [0.05, 0.1) is 23.3 Å². The van der Waals surface area contributed by atoms with Crippen molar-refractivity contribution in [2.75, 3.05) is 13.2 Å². The van der Waals surface area contributed by atoms with Crippen LogP contribution in [0, 0.1) is 5.82 Å². The largest absolute Gasteiger partial charge is 0.489 e. The summed E-state index contributed by atoms with van der Waals surface area (Å²) < 4.78 is 30.0. The van der Waals surface area contributed by atoms with Crippen LogP contribution in [-0.2, 0) is 11.3 Å². The monoisotopic (exact) mass is 370 g/mol. The molecule has 126 valence electrons. The van der Waals surface area contributed by atoms with Gasteiger partial charge in [-0.25, -0.2) is 9.18 Å². The molecule has 3 rings (SSSR count). The SMILES string of the molecule is O=C(OCc1cc(Cl)c2c(c1)OCCCO2)c1c(F)cccc1Cl. The molecule has 1 aliphatic rings. The summed E-state index contributed by atoms with van der Waals surface area (Å²) in [4.78, 5) is 12.1. The van der Waals surface area contributed by atoms with E-state index in [1.165, 1.54) is 12.1 Å². The third kappa shape index (κ3) is 3.57. The van der Waals surface area contributed by atoms with Crippen molar-refractivity contribution in [1.29, 1.82) is 0 Å². The van der Waals surface area contributed by atoms with Gasteiger partial charge in [-0.15, -0.1) is 0 Å². The second kappa shape index (κ2) is 7.28. The maximum atomic E-state index is 13.7. The lowest BCUT2D eigenvalue weighted by molar-refractivity contribution is 0.0467. The normalized spacial score (nSPS) is 13.3. The molecule has 1 heterocycles. The molecule has 0 atom stereocenters. The average molecular weight is 371 g/mol. The van der Waals surface area contributed by atoms with Crippen LogP contribution in [0.25, 0.3) is 0 Å². The minimum atomic E-state index is -0.846. The summed E-state index contributed by atoms with van der Waals surface area (Å²) in [5.41, 5.74) is 0.310. The quantitative estimate of drug-likeness (QED) is 0.737. The molecule has 0 aromatic heterocycles. The standard InChI is InChI=1S/C17H13Cl2FO4/c18-11-3-1-4-13(20)15(11)17(21)24-9-10-7-12(19)16-14(8-10)22-5-2-6-23-16/h1,3-4,7-8H,2,5-6,9H2. The van der Waals surface area contributed by atoms with Crippen LogP contribution in [-0.4, -0.2) is 19.2 Å². The van der Waals surface area contributed by atoms with E-state index < -0.39 is 11.8 Å². The van der Waals surface area contributed by atoms with E-state index in [1.807, 2.05) is 0 Å². The summed E-state index contributed by atoms with van der Waals surface area (Å²) in [6.07, 6.45) is 0.751. The van der Waals surface area contributed by atoms with Crippen LogP contribution in [0.1, 0.15) is 22.3 Å². The Labute approximate surface area is 148 Å². The third-order valence-corrected chi connectivity index (χ3v) is 3.99. The summed E-state index contributed by atoms with van der Waals surface area (Å²) in [6, 6.07) is 7.28. The van der Waals surface area contributed by atoms with Gasteiger partial charge in [-0.2, -0.15) is 0 Å². The molecule has 0 amide bonds. The van der Waals surface area contributed by atoms with Crippen molar-refractivity contribution in [3.63, 3.8) is 0 Å². The minimum absolute atomic E-state index is 0.00306. The van der Waals surface area contributed by atoms with Gasteiger partial charge >= 0.3 is 5.97 Å². The molecule has 0 radical (unpaired) electrons. The zero-order chi connectivity index (χ0) is 17.1. The number of ether oxygens (including phenoxy) is 3. The van der Waals surface area contributed by atoms with E-state index in [0.29, 0.717) is 35.3 Å². The smallest absolute Gasteiger partial charge is 0.342 e. The second-order valence-corrected chi connectivity index (χ2v) is 5.94. The predicted molar refractivity (Wildman–Crippen MR) is 87.6 cm³/mol. The molecule has 0 bridgehead atoms. The van der Waals surface area contributed by atoms with E-state index in [9.17, 15) is 9.18 Å². The van der Waals surface area contributed by atoms with E-state index in [0.717, 1.165) is 12.5 Å². The Hall–Kier alpha value is -1.98. The molecule has 0 spiro atoms. The molecule has 1 aliphatic heterocycles. The van der Waals surface area contributed by atoms with Crippen molar-refractivity contribution in [2.45, 2.75) is 13.0 Å². The van der Waals surface area contributed by atoms with E-state index in [4.69, 9.17) is 37.4 Å². The molecule has 0 aliphatic carbocycles.